The summed E-state index contributed by atoms with van der Waals surface area (Å²) in [6, 6.07) is 10.4. The number of aromatic nitrogens is 2. The third-order valence-corrected chi connectivity index (χ3v) is 4.08. The third kappa shape index (κ3) is 3.69. The number of benzene rings is 1. The summed E-state index contributed by atoms with van der Waals surface area (Å²) in [5, 5.41) is 3.34. The molecule has 2 aromatic rings. The Morgan fingerprint density at radius 2 is 1.85 bits per heavy atom. The Morgan fingerprint density at radius 1 is 1.15 bits per heavy atom. The molecule has 0 spiro atoms. The van der Waals surface area contributed by atoms with Crippen LogP contribution in [-0.4, -0.2) is 16.5 Å². The van der Waals surface area contributed by atoms with Gasteiger partial charge in [-0.05, 0) is 41.0 Å². The van der Waals surface area contributed by atoms with Gasteiger partial charge in [-0.1, -0.05) is 44.2 Å². The van der Waals surface area contributed by atoms with Crippen molar-refractivity contribution in [3.8, 4) is 0 Å². The predicted octanol–water partition coefficient (Wildman–Crippen LogP) is 4.23. The summed E-state index contributed by atoms with van der Waals surface area (Å²) in [7, 11) is 0. The summed E-state index contributed by atoms with van der Waals surface area (Å²) in [5.74, 6) is 2.24. The Labute approximate surface area is 134 Å². The molecule has 0 saturated heterocycles. The fraction of sp³-hybridized carbons (Fsp3) is 0.375. The molecule has 0 aliphatic rings. The molecule has 0 aliphatic heterocycles. The Balaban J connectivity index is 2.37. The summed E-state index contributed by atoms with van der Waals surface area (Å²) >= 11 is 2.34. The van der Waals surface area contributed by atoms with Crippen molar-refractivity contribution >= 4 is 28.4 Å². The summed E-state index contributed by atoms with van der Waals surface area (Å²) in [5.41, 5.74) is 2.37. The van der Waals surface area contributed by atoms with Crippen LogP contribution in [-0.2, 0) is 6.42 Å². The van der Waals surface area contributed by atoms with E-state index in [1.165, 1.54) is 5.56 Å². The second-order valence-electron chi connectivity index (χ2n) is 5.04. The Bertz CT molecular complexity index is 567. The average Bonchev–Trinajstić information content (AvgIpc) is 2.43. The molecule has 2 rings (SSSR count). The maximum Gasteiger partial charge on any atom is 0.143 e. The number of anilines is 1. The van der Waals surface area contributed by atoms with Crippen molar-refractivity contribution in [3.63, 3.8) is 0 Å². The number of rotatable bonds is 5. The normalized spacial score (nSPS) is 10.8. The predicted molar refractivity (Wildman–Crippen MR) is 92.2 cm³/mol. The smallest absolute Gasteiger partial charge is 0.143 e. The van der Waals surface area contributed by atoms with Crippen molar-refractivity contribution in [3.05, 3.63) is 51.0 Å². The van der Waals surface area contributed by atoms with Crippen molar-refractivity contribution < 1.29 is 0 Å². The first-order chi connectivity index (χ1) is 9.61. The van der Waals surface area contributed by atoms with E-state index < -0.39 is 0 Å². The number of nitrogens with one attached hydrogen (secondary N) is 1. The van der Waals surface area contributed by atoms with E-state index in [0.717, 1.165) is 33.9 Å². The lowest BCUT2D eigenvalue weighted by atomic mass is 10.1. The van der Waals surface area contributed by atoms with E-state index in [1.807, 2.05) is 6.07 Å². The molecule has 1 aromatic heterocycles. The molecule has 20 heavy (non-hydrogen) atoms. The van der Waals surface area contributed by atoms with Gasteiger partial charge in [0, 0.05) is 13.0 Å². The minimum atomic E-state index is 0.400. The standard InChI is InChI=1S/C16H20IN3/c1-4-18-16-14(17)15(11(2)3)19-13(20-16)10-12-8-6-5-7-9-12/h5-9,11H,4,10H2,1-3H3,(H,18,19,20). The van der Waals surface area contributed by atoms with Crippen molar-refractivity contribution in [2.24, 2.45) is 0 Å². The van der Waals surface area contributed by atoms with E-state index in [1.54, 1.807) is 0 Å². The topological polar surface area (TPSA) is 37.8 Å². The molecule has 0 aliphatic carbocycles. The molecule has 1 aromatic carbocycles. The van der Waals surface area contributed by atoms with Crippen LogP contribution in [0.2, 0.25) is 0 Å². The third-order valence-electron chi connectivity index (χ3n) is 3.02. The molecule has 106 valence electrons. The highest BCUT2D eigenvalue weighted by Crippen LogP contribution is 2.25. The van der Waals surface area contributed by atoms with Crippen LogP contribution in [0.3, 0.4) is 0 Å². The minimum absolute atomic E-state index is 0.400. The van der Waals surface area contributed by atoms with E-state index in [-0.39, 0.29) is 0 Å². The van der Waals surface area contributed by atoms with Crippen LogP contribution in [0.1, 0.15) is 43.8 Å². The van der Waals surface area contributed by atoms with Crippen LogP contribution >= 0.6 is 22.6 Å². The van der Waals surface area contributed by atoms with Gasteiger partial charge < -0.3 is 5.32 Å². The molecule has 0 saturated carbocycles. The van der Waals surface area contributed by atoms with Crippen LogP contribution < -0.4 is 5.32 Å². The molecular weight excluding hydrogens is 361 g/mol. The molecule has 4 heteroatoms. The molecule has 1 N–H and O–H groups in total. The molecule has 0 unspecified atom stereocenters. The Morgan fingerprint density at radius 3 is 2.45 bits per heavy atom. The lowest BCUT2D eigenvalue weighted by Gasteiger charge is -2.14. The highest BCUT2D eigenvalue weighted by molar-refractivity contribution is 14.1. The first kappa shape index (κ1) is 15.2. The molecule has 0 fully saturated rings. The van der Waals surface area contributed by atoms with Gasteiger partial charge in [0.2, 0.25) is 0 Å². The van der Waals surface area contributed by atoms with E-state index in [4.69, 9.17) is 4.98 Å². The average molecular weight is 381 g/mol. The van der Waals surface area contributed by atoms with Crippen molar-refractivity contribution in [2.45, 2.75) is 33.1 Å². The van der Waals surface area contributed by atoms with Crippen LogP contribution in [0.15, 0.2) is 30.3 Å². The Kier molecular flexibility index (Phi) is 5.34. The van der Waals surface area contributed by atoms with E-state index >= 15 is 0 Å². The van der Waals surface area contributed by atoms with Gasteiger partial charge in [-0.25, -0.2) is 9.97 Å². The maximum atomic E-state index is 4.75. The van der Waals surface area contributed by atoms with Crippen LogP contribution in [0, 0.1) is 3.57 Å². The molecule has 0 bridgehead atoms. The monoisotopic (exact) mass is 381 g/mol. The van der Waals surface area contributed by atoms with Crippen LogP contribution in [0.25, 0.3) is 0 Å². The molecular formula is C16H20IN3. The lowest BCUT2D eigenvalue weighted by molar-refractivity contribution is 0.783. The van der Waals surface area contributed by atoms with Gasteiger partial charge in [-0.2, -0.15) is 0 Å². The highest BCUT2D eigenvalue weighted by atomic mass is 127. The zero-order valence-electron chi connectivity index (χ0n) is 12.2. The van der Waals surface area contributed by atoms with E-state index in [9.17, 15) is 0 Å². The minimum Gasteiger partial charge on any atom is -0.369 e. The fourth-order valence-corrected chi connectivity index (χ4v) is 3.09. The van der Waals surface area contributed by atoms with Crippen molar-refractivity contribution in [2.75, 3.05) is 11.9 Å². The zero-order valence-corrected chi connectivity index (χ0v) is 14.3. The lowest BCUT2D eigenvalue weighted by Crippen LogP contribution is -2.11. The number of halogens is 1. The molecule has 3 nitrogen and oxygen atoms in total. The van der Waals surface area contributed by atoms with Gasteiger partial charge >= 0.3 is 0 Å². The second-order valence-corrected chi connectivity index (χ2v) is 6.11. The summed E-state index contributed by atoms with van der Waals surface area (Å²) < 4.78 is 1.14. The Hall–Kier alpha value is -1.17. The second kappa shape index (κ2) is 7.02. The van der Waals surface area contributed by atoms with Gasteiger partial charge in [0.15, 0.2) is 0 Å². The van der Waals surface area contributed by atoms with Gasteiger partial charge in [0.05, 0.1) is 9.26 Å². The molecule has 0 radical (unpaired) electrons. The quantitative estimate of drug-likeness (QED) is 0.788. The number of hydrogen-bond donors (Lipinski definition) is 1. The molecule has 0 atom stereocenters. The van der Waals surface area contributed by atoms with Crippen LogP contribution in [0.5, 0.6) is 0 Å². The maximum absolute atomic E-state index is 4.75. The van der Waals surface area contributed by atoms with Gasteiger partial charge in [-0.15, -0.1) is 0 Å². The first-order valence-corrected chi connectivity index (χ1v) is 8.03. The fourth-order valence-electron chi connectivity index (χ4n) is 2.04. The van der Waals surface area contributed by atoms with Gasteiger partial charge in [0.25, 0.3) is 0 Å². The zero-order chi connectivity index (χ0) is 14.5. The van der Waals surface area contributed by atoms with Gasteiger partial charge in [0.1, 0.15) is 11.6 Å². The van der Waals surface area contributed by atoms with E-state index in [0.29, 0.717) is 5.92 Å². The first-order valence-electron chi connectivity index (χ1n) is 6.96. The van der Waals surface area contributed by atoms with Crippen LogP contribution in [0.4, 0.5) is 5.82 Å². The van der Waals surface area contributed by atoms with E-state index in [2.05, 4.69) is 77.9 Å². The summed E-state index contributed by atoms with van der Waals surface area (Å²) in [6.45, 7) is 7.30. The summed E-state index contributed by atoms with van der Waals surface area (Å²) in [4.78, 5) is 9.42. The SMILES string of the molecule is CCNc1nc(Cc2ccccc2)nc(C(C)C)c1I. The van der Waals surface area contributed by atoms with Crippen molar-refractivity contribution in [1.82, 2.24) is 9.97 Å². The number of hydrogen-bond acceptors (Lipinski definition) is 3. The largest absolute Gasteiger partial charge is 0.369 e. The molecule has 1 heterocycles. The summed E-state index contributed by atoms with van der Waals surface area (Å²) in [6.07, 6.45) is 0.774. The van der Waals surface area contributed by atoms with Gasteiger partial charge in [-0.3, -0.25) is 0 Å². The number of nitrogens with zero attached hydrogens (tertiary/aromatic N) is 2. The molecule has 0 amide bonds. The van der Waals surface area contributed by atoms with Crippen molar-refractivity contribution in [1.29, 1.82) is 0 Å². The highest BCUT2D eigenvalue weighted by Gasteiger charge is 2.14.